The van der Waals surface area contributed by atoms with Crippen molar-refractivity contribution < 1.29 is 13.9 Å². The third-order valence-corrected chi connectivity index (χ3v) is 5.40. The average Bonchev–Trinajstić information content (AvgIpc) is 3.03. The molecule has 1 amide bonds. The molecule has 0 N–H and O–H groups in total. The molecule has 2 aromatic carbocycles. The predicted molar refractivity (Wildman–Crippen MR) is 112 cm³/mol. The van der Waals surface area contributed by atoms with E-state index in [1.54, 1.807) is 29.2 Å². The first-order valence-corrected chi connectivity index (χ1v) is 10.2. The molecule has 1 atom stereocenters. The average molecular weight is 391 g/mol. The van der Waals surface area contributed by atoms with E-state index in [2.05, 4.69) is 6.92 Å². The van der Waals surface area contributed by atoms with Gasteiger partial charge in [-0.25, -0.2) is 0 Å². The van der Waals surface area contributed by atoms with Gasteiger partial charge in [-0.1, -0.05) is 44.0 Å². The Morgan fingerprint density at radius 1 is 1.03 bits per heavy atom. The largest absolute Gasteiger partial charge is 0.494 e. The molecule has 1 aromatic heterocycles. The Hall–Kier alpha value is -3.08. The Labute approximate surface area is 169 Å². The molecular weight excluding hydrogens is 366 g/mol. The zero-order valence-corrected chi connectivity index (χ0v) is 16.8. The monoisotopic (exact) mass is 391 g/mol. The third kappa shape index (κ3) is 3.41. The first-order valence-electron chi connectivity index (χ1n) is 10.2. The SMILES string of the molecule is CCCCCOc1cccc(C2c3c(oc4ccccc4c3=O)C(=O)N2CC)c1. The van der Waals surface area contributed by atoms with E-state index in [4.69, 9.17) is 9.15 Å². The molecule has 0 saturated carbocycles. The fourth-order valence-electron chi connectivity index (χ4n) is 3.96. The molecule has 5 nitrogen and oxygen atoms in total. The summed E-state index contributed by atoms with van der Waals surface area (Å²) in [6.07, 6.45) is 3.27. The van der Waals surface area contributed by atoms with E-state index in [1.165, 1.54) is 0 Å². The molecule has 0 spiro atoms. The Morgan fingerprint density at radius 2 is 1.86 bits per heavy atom. The molecule has 150 valence electrons. The van der Waals surface area contributed by atoms with Crippen LogP contribution in [-0.4, -0.2) is 24.0 Å². The van der Waals surface area contributed by atoms with Gasteiger partial charge in [-0.15, -0.1) is 0 Å². The van der Waals surface area contributed by atoms with E-state index >= 15 is 0 Å². The van der Waals surface area contributed by atoms with Crippen molar-refractivity contribution in [3.05, 3.63) is 75.6 Å². The van der Waals surface area contributed by atoms with Crippen LogP contribution in [0.3, 0.4) is 0 Å². The number of para-hydroxylation sites is 1. The van der Waals surface area contributed by atoms with E-state index < -0.39 is 6.04 Å². The molecule has 4 rings (SSSR count). The van der Waals surface area contributed by atoms with Crippen LogP contribution >= 0.6 is 0 Å². The second-order valence-corrected chi connectivity index (χ2v) is 7.29. The second-order valence-electron chi connectivity index (χ2n) is 7.29. The van der Waals surface area contributed by atoms with Gasteiger partial charge in [0.15, 0.2) is 5.43 Å². The van der Waals surface area contributed by atoms with Crippen molar-refractivity contribution >= 4 is 16.9 Å². The minimum atomic E-state index is -0.470. The van der Waals surface area contributed by atoms with Crippen molar-refractivity contribution in [1.29, 1.82) is 0 Å². The lowest BCUT2D eigenvalue weighted by molar-refractivity contribution is 0.0737. The van der Waals surface area contributed by atoms with E-state index in [9.17, 15) is 9.59 Å². The van der Waals surface area contributed by atoms with Crippen LogP contribution in [0.2, 0.25) is 0 Å². The van der Waals surface area contributed by atoms with E-state index in [0.29, 0.717) is 29.7 Å². The first-order chi connectivity index (χ1) is 14.2. The highest BCUT2D eigenvalue weighted by Crippen LogP contribution is 2.38. The topological polar surface area (TPSA) is 59.8 Å². The van der Waals surface area contributed by atoms with Crippen LogP contribution in [0.1, 0.15) is 60.8 Å². The number of carbonyl (C=O) groups is 1. The lowest BCUT2D eigenvalue weighted by atomic mass is 9.98. The maximum absolute atomic E-state index is 13.3. The Bertz CT molecular complexity index is 1100. The molecule has 1 unspecified atom stereocenters. The first kappa shape index (κ1) is 19.2. The van der Waals surface area contributed by atoms with Crippen LogP contribution in [-0.2, 0) is 0 Å². The van der Waals surface area contributed by atoms with Gasteiger partial charge in [0, 0.05) is 6.54 Å². The van der Waals surface area contributed by atoms with Gasteiger partial charge in [-0.3, -0.25) is 9.59 Å². The summed E-state index contributed by atoms with van der Waals surface area (Å²) in [5.41, 5.74) is 1.56. The third-order valence-electron chi connectivity index (χ3n) is 5.40. The molecule has 3 aromatic rings. The van der Waals surface area contributed by atoms with Crippen molar-refractivity contribution in [2.75, 3.05) is 13.2 Å². The summed E-state index contributed by atoms with van der Waals surface area (Å²) in [5.74, 6) is 0.653. The lowest BCUT2D eigenvalue weighted by Gasteiger charge is -2.24. The number of hydrogen-bond acceptors (Lipinski definition) is 4. The molecule has 0 radical (unpaired) electrons. The van der Waals surface area contributed by atoms with Crippen molar-refractivity contribution in [3.63, 3.8) is 0 Å². The molecule has 1 aliphatic heterocycles. The summed E-state index contributed by atoms with van der Waals surface area (Å²) in [6, 6.07) is 14.3. The zero-order valence-electron chi connectivity index (χ0n) is 16.8. The van der Waals surface area contributed by atoms with Crippen LogP contribution in [0.25, 0.3) is 11.0 Å². The molecule has 29 heavy (non-hydrogen) atoms. The number of hydrogen-bond donors (Lipinski definition) is 0. The summed E-state index contributed by atoms with van der Waals surface area (Å²) < 4.78 is 11.8. The number of benzene rings is 2. The van der Waals surface area contributed by atoms with Crippen LogP contribution in [0.4, 0.5) is 0 Å². The summed E-state index contributed by atoms with van der Waals surface area (Å²) in [5, 5.41) is 0.494. The number of rotatable bonds is 7. The van der Waals surface area contributed by atoms with Crippen LogP contribution in [0, 0.1) is 0 Å². The molecule has 5 heteroatoms. The van der Waals surface area contributed by atoms with E-state index in [0.717, 1.165) is 30.6 Å². The smallest absolute Gasteiger partial charge is 0.290 e. The Balaban J connectivity index is 1.78. The van der Waals surface area contributed by atoms with Crippen LogP contribution < -0.4 is 10.2 Å². The summed E-state index contributed by atoms with van der Waals surface area (Å²) in [7, 11) is 0. The van der Waals surface area contributed by atoms with Gasteiger partial charge in [0.25, 0.3) is 5.91 Å². The number of nitrogens with zero attached hydrogens (tertiary/aromatic N) is 1. The highest BCUT2D eigenvalue weighted by molar-refractivity contribution is 5.99. The van der Waals surface area contributed by atoms with Gasteiger partial charge in [0.2, 0.25) is 5.76 Å². The summed E-state index contributed by atoms with van der Waals surface area (Å²) in [6.45, 7) is 5.20. The van der Waals surface area contributed by atoms with Gasteiger partial charge in [-0.05, 0) is 43.2 Å². The van der Waals surface area contributed by atoms with Crippen molar-refractivity contribution in [3.8, 4) is 5.75 Å². The van der Waals surface area contributed by atoms with Gasteiger partial charge < -0.3 is 14.1 Å². The zero-order chi connectivity index (χ0) is 20.4. The maximum atomic E-state index is 13.3. The Morgan fingerprint density at radius 3 is 2.66 bits per heavy atom. The molecule has 1 aliphatic rings. The van der Waals surface area contributed by atoms with Gasteiger partial charge in [-0.2, -0.15) is 0 Å². The highest BCUT2D eigenvalue weighted by Gasteiger charge is 2.41. The van der Waals surface area contributed by atoms with Crippen molar-refractivity contribution in [1.82, 2.24) is 4.90 Å². The number of amides is 1. The van der Waals surface area contributed by atoms with Gasteiger partial charge in [0.1, 0.15) is 11.3 Å². The standard InChI is InChI=1S/C24H25NO4/c1-3-5-8-14-28-17-11-9-10-16(15-17)21-20-22(26)18-12-6-7-13-19(18)29-23(20)24(27)25(21)4-2/h6-7,9-13,15,21H,3-5,8,14H2,1-2H3. The predicted octanol–water partition coefficient (Wildman–Crippen LogP) is 4.93. The summed E-state index contributed by atoms with van der Waals surface area (Å²) in [4.78, 5) is 28.0. The van der Waals surface area contributed by atoms with Crippen LogP contribution in [0.15, 0.2) is 57.7 Å². The van der Waals surface area contributed by atoms with Gasteiger partial charge in [0.05, 0.1) is 23.6 Å². The minimum Gasteiger partial charge on any atom is -0.494 e. The molecule has 0 aliphatic carbocycles. The summed E-state index contributed by atoms with van der Waals surface area (Å²) >= 11 is 0. The number of fused-ring (bicyclic) bond motifs is 2. The molecule has 2 heterocycles. The molecule has 0 fully saturated rings. The Kier molecular flexibility index (Phi) is 5.38. The normalized spacial score (nSPS) is 15.7. The number of ether oxygens (including phenoxy) is 1. The van der Waals surface area contributed by atoms with Crippen LogP contribution in [0.5, 0.6) is 5.75 Å². The lowest BCUT2D eigenvalue weighted by Crippen LogP contribution is -2.29. The minimum absolute atomic E-state index is 0.148. The molecular formula is C24H25NO4. The van der Waals surface area contributed by atoms with E-state index in [-0.39, 0.29) is 17.1 Å². The van der Waals surface area contributed by atoms with Gasteiger partial charge >= 0.3 is 0 Å². The highest BCUT2D eigenvalue weighted by atomic mass is 16.5. The fraction of sp³-hybridized carbons (Fsp3) is 0.333. The maximum Gasteiger partial charge on any atom is 0.290 e. The quantitative estimate of drug-likeness (QED) is 0.536. The fourth-order valence-corrected chi connectivity index (χ4v) is 3.96. The second kappa shape index (κ2) is 8.11. The van der Waals surface area contributed by atoms with Crippen molar-refractivity contribution in [2.45, 2.75) is 39.2 Å². The number of unbranched alkanes of at least 4 members (excludes halogenated alkanes) is 2. The van der Waals surface area contributed by atoms with E-state index in [1.807, 2.05) is 31.2 Å². The van der Waals surface area contributed by atoms with Crippen molar-refractivity contribution in [2.24, 2.45) is 0 Å². The number of carbonyl (C=O) groups excluding carboxylic acids is 1. The molecule has 0 bridgehead atoms. The molecule has 0 saturated heterocycles.